The molecule has 1 N–H and O–H groups in total. The Bertz CT molecular complexity index is 905. The minimum Gasteiger partial charge on any atom is -0.334 e. The average molecular weight is 356 g/mol. The van der Waals surface area contributed by atoms with Gasteiger partial charge in [0, 0.05) is 23.4 Å². The Balaban J connectivity index is 2.04. The van der Waals surface area contributed by atoms with E-state index < -0.39 is 4.92 Å². The number of halogens is 1. The second-order valence-corrected chi connectivity index (χ2v) is 5.62. The predicted molar refractivity (Wildman–Crippen MR) is 97.9 cm³/mol. The molecule has 0 unspecified atom stereocenters. The van der Waals surface area contributed by atoms with Crippen LogP contribution in [-0.2, 0) is 0 Å². The van der Waals surface area contributed by atoms with Gasteiger partial charge in [-0.05, 0) is 30.3 Å². The van der Waals surface area contributed by atoms with Crippen LogP contribution in [0.2, 0.25) is 5.02 Å². The van der Waals surface area contributed by atoms with Crippen LogP contribution in [-0.4, -0.2) is 21.9 Å². The lowest BCUT2D eigenvalue weighted by Crippen LogP contribution is -2.15. The monoisotopic (exact) mass is 355 g/mol. The van der Waals surface area contributed by atoms with Crippen LogP contribution >= 0.6 is 11.6 Å². The molecule has 1 heterocycles. The molecule has 7 nitrogen and oxygen atoms in total. The number of rotatable bonds is 5. The molecule has 126 valence electrons. The van der Waals surface area contributed by atoms with Crippen molar-refractivity contribution in [3.05, 3.63) is 76.1 Å². The van der Waals surface area contributed by atoms with Crippen molar-refractivity contribution >= 4 is 40.3 Å². The van der Waals surface area contributed by atoms with E-state index in [-0.39, 0.29) is 17.3 Å². The Kier molecular flexibility index (Phi) is 4.76. The van der Waals surface area contributed by atoms with Crippen molar-refractivity contribution in [2.24, 2.45) is 0 Å². The van der Waals surface area contributed by atoms with Crippen LogP contribution < -0.4 is 10.2 Å². The van der Waals surface area contributed by atoms with Crippen molar-refractivity contribution in [1.29, 1.82) is 0 Å². The minimum absolute atomic E-state index is 0.0973. The third-order valence-corrected chi connectivity index (χ3v) is 3.77. The number of nitro groups is 1. The number of nitrogens with zero attached hydrogens (tertiary/aromatic N) is 4. The van der Waals surface area contributed by atoms with Gasteiger partial charge in [-0.3, -0.25) is 10.1 Å². The number of aromatic nitrogens is 2. The van der Waals surface area contributed by atoms with Crippen molar-refractivity contribution in [2.75, 3.05) is 17.3 Å². The number of hydrogen-bond donors (Lipinski definition) is 1. The molecule has 3 aromatic rings. The molecule has 2 aromatic carbocycles. The molecule has 0 saturated heterocycles. The fourth-order valence-electron chi connectivity index (χ4n) is 2.35. The Hall–Kier alpha value is -3.19. The molecular weight excluding hydrogens is 342 g/mol. The Labute approximate surface area is 149 Å². The van der Waals surface area contributed by atoms with Gasteiger partial charge >= 0.3 is 5.69 Å². The highest BCUT2D eigenvalue weighted by Crippen LogP contribution is 2.36. The summed E-state index contributed by atoms with van der Waals surface area (Å²) in [7, 11) is 1.72. The van der Waals surface area contributed by atoms with Gasteiger partial charge in [0.1, 0.15) is 6.33 Å². The fraction of sp³-hybridized carbons (Fsp3) is 0.0588. The van der Waals surface area contributed by atoms with Gasteiger partial charge in [-0.1, -0.05) is 35.9 Å². The molecule has 0 atom stereocenters. The summed E-state index contributed by atoms with van der Waals surface area (Å²) < 4.78 is 0. The first kappa shape index (κ1) is 16.7. The van der Waals surface area contributed by atoms with Crippen LogP contribution in [0.1, 0.15) is 0 Å². The molecule has 0 saturated carbocycles. The van der Waals surface area contributed by atoms with E-state index >= 15 is 0 Å². The van der Waals surface area contributed by atoms with Crippen LogP contribution in [0.25, 0.3) is 0 Å². The van der Waals surface area contributed by atoms with E-state index in [1.165, 1.54) is 6.33 Å². The van der Waals surface area contributed by atoms with Crippen molar-refractivity contribution in [2.45, 2.75) is 0 Å². The largest absolute Gasteiger partial charge is 0.354 e. The second kappa shape index (κ2) is 7.14. The topological polar surface area (TPSA) is 84.2 Å². The van der Waals surface area contributed by atoms with Gasteiger partial charge in [-0.2, -0.15) is 0 Å². The normalized spacial score (nSPS) is 10.3. The standard InChI is InChI=1S/C17H14ClN5O2/c1-22(14-8-3-2-4-9-14)17-15(23(24)25)16(19-11-20-17)21-13-7-5-6-12(18)10-13/h2-11H,1H3,(H,19,20,21). The summed E-state index contributed by atoms with van der Waals surface area (Å²) in [6.45, 7) is 0. The average Bonchev–Trinajstić information content (AvgIpc) is 2.61. The van der Waals surface area contributed by atoms with E-state index in [1.807, 2.05) is 30.3 Å². The summed E-state index contributed by atoms with van der Waals surface area (Å²) in [5.74, 6) is 0.288. The zero-order valence-corrected chi connectivity index (χ0v) is 14.0. The van der Waals surface area contributed by atoms with Crippen LogP contribution in [0.3, 0.4) is 0 Å². The second-order valence-electron chi connectivity index (χ2n) is 5.18. The molecule has 0 amide bonds. The Morgan fingerprint density at radius 3 is 2.56 bits per heavy atom. The predicted octanol–water partition coefficient (Wildman–Crippen LogP) is 4.55. The lowest BCUT2D eigenvalue weighted by Gasteiger charge is -2.18. The SMILES string of the molecule is CN(c1ccccc1)c1ncnc(Nc2cccc(Cl)c2)c1[N+](=O)[O-]. The van der Waals surface area contributed by atoms with Gasteiger partial charge in [-0.15, -0.1) is 0 Å². The molecule has 0 spiro atoms. The van der Waals surface area contributed by atoms with Crippen LogP contribution in [0, 0.1) is 10.1 Å². The molecule has 0 fully saturated rings. The van der Waals surface area contributed by atoms with Crippen LogP contribution in [0.4, 0.5) is 28.7 Å². The molecule has 8 heteroatoms. The van der Waals surface area contributed by atoms with Gasteiger partial charge in [0.25, 0.3) is 0 Å². The zero-order valence-electron chi connectivity index (χ0n) is 13.3. The van der Waals surface area contributed by atoms with Gasteiger partial charge in [0.05, 0.1) is 4.92 Å². The smallest absolute Gasteiger partial charge is 0.334 e. The molecule has 0 radical (unpaired) electrons. The first-order chi connectivity index (χ1) is 12.1. The summed E-state index contributed by atoms with van der Waals surface area (Å²) in [6, 6.07) is 16.1. The zero-order chi connectivity index (χ0) is 17.8. The summed E-state index contributed by atoms with van der Waals surface area (Å²) in [4.78, 5) is 20.9. The summed E-state index contributed by atoms with van der Waals surface area (Å²) in [5, 5.41) is 15.1. The van der Waals surface area contributed by atoms with E-state index in [0.29, 0.717) is 10.7 Å². The van der Waals surface area contributed by atoms with E-state index in [0.717, 1.165) is 5.69 Å². The maximum absolute atomic E-state index is 11.7. The number of nitrogens with one attached hydrogen (secondary N) is 1. The van der Waals surface area contributed by atoms with E-state index in [2.05, 4.69) is 15.3 Å². The molecule has 0 aliphatic heterocycles. The number of anilines is 4. The third kappa shape index (κ3) is 3.67. The maximum Gasteiger partial charge on any atom is 0.354 e. The highest BCUT2D eigenvalue weighted by molar-refractivity contribution is 6.30. The number of benzene rings is 2. The van der Waals surface area contributed by atoms with Crippen LogP contribution in [0.5, 0.6) is 0 Å². The van der Waals surface area contributed by atoms with Crippen LogP contribution in [0.15, 0.2) is 60.9 Å². The minimum atomic E-state index is -0.498. The third-order valence-electron chi connectivity index (χ3n) is 3.53. The molecule has 0 bridgehead atoms. The van der Waals surface area contributed by atoms with Gasteiger partial charge in [0.2, 0.25) is 11.6 Å². The highest BCUT2D eigenvalue weighted by atomic mass is 35.5. The van der Waals surface area contributed by atoms with E-state index in [1.54, 1.807) is 36.2 Å². The molecule has 0 aliphatic carbocycles. The Morgan fingerprint density at radius 1 is 1.12 bits per heavy atom. The number of para-hydroxylation sites is 1. The first-order valence-electron chi connectivity index (χ1n) is 7.37. The van der Waals surface area contributed by atoms with Crippen molar-refractivity contribution in [3.8, 4) is 0 Å². The lowest BCUT2D eigenvalue weighted by atomic mass is 10.2. The molecule has 25 heavy (non-hydrogen) atoms. The van der Waals surface area contributed by atoms with Gasteiger partial charge in [0.15, 0.2) is 0 Å². The summed E-state index contributed by atoms with van der Waals surface area (Å²) >= 11 is 5.96. The lowest BCUT2D eigenvalue weighted by molar-refractivity contribution is -0.383. The van der Waals surface area contributed by atoms with Crippen molar-refractivity contribution < 1.29 is 4.92 Å². The van der Waals surface area contributed by atoms with Gasteiger partial charge in [-0.25, -0.2) is 9.97 Å². The van der Waals surface area contributed by atoms with Crippen molar-refractivity contribution in [1.82, 2.24) is 9.97 Å². The Morgan fingerprint density at radius 2 is 1.88 bits per heavy atom. The summed E-state index contributed by atoms with van der Waals surface area (Å²) in [6.07, 6.45) is 1.29. The quantitative estimate of drug-likeness (QED) is 0.534. The highest BCUT2D eigenvalue weighted by Gasteiger charge is 2.26. The molecular formula is C17H14ClN5O2. The maximum atomic E-state index is 11.7. The molecule has 1 aromatic heterocycles. The molecule has 0 aliphatic rings. The summed E-state index contributed by atoms with van der Waals surface area (Å²) in [5.41, 5.74) is 1.16. The van der Waals surface area contributed by atoms with Gasteiger partial charge < -0.3 is 10.2 Å². The number of hydrogen-bond acceptors (Lipinski definition) is 6. The van der Waals surface area contributed by atoms with E-state index in [4.69, 9.17) is 11.6 Å². The first-order valence-corrected chi connectivity index (χ1v) is 7.75. The van der Waals surface area contributed by atoms with E-state index in [9.17, 15) is 10.1 Å². The fourth-order valence-corrected chi connectivity index (χ4v) is 2.54. The van der Waals surface area contributed by atoms with Crippen molar-refractivity contribution in [3.63, 3.8) is 0 Å². The molecule has 3 rings (SSSR count).